The summed E-state index contributed by atoms with van der Waals surface area (Å²) in [6.07, 6.45) is 0.456. The molecule has 0 aromatic carbocycles. The molecule has 1 rings (SSSR count). The fourth-order valence-corrected chi connectivity index (χ4v) is 1.35. The molecule has 0 amide bonds. The molecule has 0 unspecified atom stereocenters. The fraction of sp³-hybridized carbons (Fsp3) is 0.500. The molecular formula is C10H12O5. The van der Waals surface area contributed by atoms with Gasteiger partial charge in [0, 0.05) is 0 Å². The van der Waals surface area contributed by atoms with E-state index >= 15 is 0 Å². The van der Waals surface area contributed by atoms with E-state index in [1.54, 1.807) is 20.8 Å². The fourth-order valence-electron chi connectivity index (χ4n) is 1.35. The van der Waals surface area contributed by atoms with Crippen LogP contribution in [0.15, 0.2) is 11.1 Å². The van der Waals surface area contributed by atoms with Crippen LogP contribution >= 0.6 is 0 Å². The van der Waals surface area contributed by atoms with Gasteiger partial charge in [-0.05, 0) is 20.8 Å². The standard InChI is InChI=1S/C10H12O5/c1-4-14-8(12)7-6(5-11)10(2,3)15-9(7)13/h5H,4H2,1-3H3. The maximum Gasteiger partial charge on any atom is 0.347 e. The van der Waals surface area contributed by atoms with Gasteiger partial charge in [0.15, 0.2) is 11.9 Å². The molecule has 0 fully saturated rings. The minimum absolute atomic E-state index is 0.0333. The highest BCUT2D eigenvalue weighted by atomic mass is 16.6. The third-order valence-electron chi connectivity index (χ3n) is 2.07. The number of aldehydes is 1. The first kappa shape index (κ1) is 11.4. The normalized spacial score (nSPS) is 18.7. The molecular weight excluding hydrogens is 200 g/mol. The van der Waals surface area contributed by atoms with Crippen LogP contribution in [0.25, 0.3) is 0 Å². The average molecular weight is 212 g/mol. The van der Waals surface area contributed by atoms with Crippen molar-refractivity contribution in [3.05, 3.63) is 11.1 Å². The van der Waals surface area contributed by atoms with E-state index in [9.17, 15) is 14.4 Å². The van der Waals surface area contributed by atoms with Gasteiger partial charge in [0.2, 0.25) is 0 Å². The number of esters is 2. The van der Waals surface area contributed by atoms with E-state index in [0.717, 1.165) is 0 Å². The van der Waals surface area contributed by atoms with Gasteiger partial charge in [-0.1, -0.05) is 0 Å². The van der Waals surface area contributed by atoms with Crippen molar-refractivity contribution in [2.24, 2.45) is 0 Å². The SMILES string of the molecule is CCOC(=O)C1=C(C=O)C(C)(C)OC1=O. The topological polar surface area (TPSA) is 69.7 Å². The Hall–Kier alpha value is -1.65. The summed E-state index contributed by atoms with van der Waals surface area (Å²) in [4.78, 5) is 33.5. The summed E-state index contributed by atoms with van der Waals surface area (Å²) in [5, 5.41) is 0. The Bertz CT molecular complexity index is 351. The predicted molar refractivity (Wildman–Crippen MR) is 49.9 cm³/mol. The van der Waals surface area contributed by atoms with Gasteiger partial charge in [0.25, 0.3) is 0 Å². The Labute approximate surface area is 87.0 Å². The summed E-state index contributed by atoms with van der Waals surface area (Å²) in [5.41, 5.74) is -1.32. The molecule has 0 aromatic heterocycles. The molecule has 0 atom stereocenters. The van der Waals surface area contributed by atoms with Crippen molar-refractivity contribution in [3.63, 3.8) is 0 Å². The average Bonchev–Trinajstić information content (AvgIpc) is 2.35. The van der Waals surface area contributed by atoms with Crippen LogP contribution in [-0.2, 0) is 23.9 Å². The van der Waals surface area contributed by atoms with E-state index < -0.39 is 17.5 Å². The van der Waals surface area contributed by atoms with Crippen LogP contribution in [0.4, 0.5) is 0 Å². The Morgan fingerprint density at radius 2 is 2.13 bits per heavy atom. The van der Waals surface area contributed by atoms with Crippen LogP contribution in [0.3, 0.4) is 0 Å². The Kier molecular flexibility index (Phi) is 2.93. The molecule has 15 heavy (non-hydrogen) atoms. The van der Waals surface area contributed by atoms with E-state index in [-0.39, 0.29) is 17.8 Å². The molecule has 1 heterocycles. The molecule has 0 aliphatic carbocycles. The molecule has 0 radical (unpaired) electrons. The second-order valence-corrected chi connectivity index (χ2v) is 3.53. The van der Waals surface area contributed by atoms with E-state index in [0.29, 0.717) is 6.29 Å². The first-order valence-electron chi connectivity index (χ1n) is 4.54. The third kappa shape index (κ3) is 1.91. The van der Waals surface area contributed by atoms with Gasteiger partial charge >= 0.3 is 11.9 Å². The number of hydrogen-bond acceptors (Lipinski definition) is 5. The third-order valence-corrected chi connectivity index (χ3v) is 2.07. The number of ether oxygens (including phenoxy) is 2. The second-order valence-electron chi connectivity index (χ2n) is 3.53. The Morgan fingerprint density at radius 1 is 1.53 bits per heavy atom. The molecule has 1 aliphatic heterocycles. The van der Waals surface area contributed by atoms with Crippen LogP contribution in [0, 0.1) is 0 Å². The van der Waals surface area contributed by atoms with Gasteiger partial charge in [-0.2, -0.15) is 0 Å². The summed E-state index contributed by atoms with van der Waals surface area (Å²) in [5.74, 6) is -1.62. The number of carbonyl (C=O) groups is 3. The van der Waals surface area contributed by atoms with Crippen molar-refractivity contribution in [2.45, 2.75) is 26.4 Å². The lowest BCUT2D eigenvalue weighted by atomic mass is 9.97. The first-order chi connectivity index (χ1) is 6.94. The van der Waals surface area contributed by atoms with Crippen LogP contribution < -0.4 is 0 Å². The zero-order valence-corrected chi connectivity index (χ0v) is 8.83. The van der Waals surface area contributed by atoms with Crippen molar-refractivity contribution >= 4 is 18.2 Å². The van der Waals surface area contributed by atoms with Gasteiger partial charge in [0.05, 0.1) is 12.2 Å². The lowest BCUT2D eigenvalue weighted by Crippen LogP contribution is -2.23. The number of hydrogen-bond donors (Lipinski definition) is 0. The molecule has 0 saturated carbocycles. The summed E-state index contributed by atoms with van der Waals surface area (Å²) in [6.45, 7) is 4.84. The zero-order valence-electron chi connectivity index (χ0n) is 8.83. The first-order valence-corrected chi connectivity index (χ1v) is 4.54. The van der Waals surface area contributed by atoms with Gasteiger partial charge in [-0.3, -0.25) is 4.79 Å². The zero-order chi connectivity index (χ0) is 11.6. The maximum atomic E-state index is 11.4. The van der Waals surface area contributed by atoms with E-state index in [2.05, 4.69) is 4.74 Å². The van der Waals surface area contributed by atoms with E-state index in [1.165, 1.54) is 0 Å². The molecule has 5 heteroatoms. The molecule has 0 bridgehead atoms. The monoisotopic (exact) mass is 212 g/mol. The van der Waals surface area contributed by atoms with Crippen LogP contribution in [0.5, 0.6) is 0 Å². The van der Waals surface area contributed by atoms with E-state index in [1.807, 2.05) is 0 Å². The molecule has 82 valence electrons. The predicted octanol–water partition coefficient (Wildman–Crippen LogP) is 0.380. The number of cyclic esters (lactones) is 1. The summed E-state index contributed by atoms with van der Waals surface area (Å²) in [7, 11) is 0. The van der Waals surface area contributed by atoms with Crippen LogP contribution in [0.2, 0.25) is 0 Å². The summed E-state index contributed by atoms with van der Waals surface area (Å²) in [6, 6.07) is 0. The molecule has 1 aliphatic rings. The van der Waals surface area contributed by atoms with Crippen molar-refractivity contribution in [3.8, 4) is 0 Å². The van der Waals surface area contributed by atoms with Crippen molar-refractivity contribution in [1.82, 2.24) is 0 Å². The highest BCUT2D eigenvalue weighted by molar-refractivity contribution is 6.20. The second kappa shape index (κ2) is 3.84. The van der Waals surface area contributed by atoms with E-state index in [4.69, 9.17) is 4.74 Å². The number of carbonyl (C=O) groups excluding carboxylic acids is 3. The van der Waals surface area contributed by atoms with Gasteiger partial charge in [-0.25, -0.2) is 9.59 Å². The molecule has 0 aromatic rings. The highest BCUT2D eigenvalue weighted by Gasteiger charge is 2.44. The van der Waals surface area contributed by atoms with Crippen molar-refractivity contribution in [2.75, 3.05) is 6.61 Å². The van der Waals surface area contributed by atoms with Gasteiger partial charge < -0.3 is 9.47 Å². The highest BCUT2D eigenvalue weighted by Crippen LogP contribution is 2.31. The van der Waals surface area contributed by atoms with Crippen LogP contribution in [0.1, 0.15) is 20.8 Å². The minimum Gasteiger partial charge on any atom is -0.462 e. The quantitative estimate of drug-likeness (QED) is 0.384. The van der Waals surface area contributed by atoms with Crippen molar-refractivity contribution < 1.29 is 23.9 Å². The van der Waals surface area contributed by atoms with Gasteiger partial charge in [0.1, 0.15) is 5.60 Å². The van der Waals surface area contributed by atoms with Gasteiger partial charge in [-0.15, -0.1) is 0 Å². The molecule has 0 saturated heterocycles. The Morgan fingerprint density at radius 3 is 2.60 bits per heavy atom. The maximum absolute atomic E-state index is 11.4. The molecule has 5 nitrogen and oxygen atoms in total. The Balaban J connectivity index is 3.16. The largest absolute Gasteiger partial charge is 0.462 e. The lowest BCUT2D eigenvalue weighted by Gasteiger charge is -2.16. The number of rotatable bonds is 3. The minimum atomic E-state index is -1.05. The molecule has 0 spiro atoms. The smallest absolute Gasteiger partial charge is 0.347 e. The lowest BCUT2D eigenvalue weighted by molar-refractivity contribution is -0.148. The van der Waals surface area contributed by atoms with Crippen molar-refractivity contribution in [1.29, 1.82) is 0 Å². The summed E-state index contributed by atoms with van der Waals surface area (Å²) < 4.78 is 9.55. The summed E-state index contributed by atoms with van der Waals surface area (Å²) >= 11 is 0. The molecule has 0 N–H and O–H groups in total. The van der Waals surface area contributed by atoms with Crippen LogP contribution in [-0.4, -0.2) is 30.4 Å².